The van der Waals surface area contributed by atoms with E-state index in [1.807, 2.05) is 36.4 Å². The Morgan fingerprint density at radius 1 is 0.957 bits per heavy atom. The molecule has 0 heterocycles. The molecule has 0 aliphatic heterocycles. The number of rotatable bonds is 9. The molecule has 1 amide bonds. The van der Waals surface area contributed by atoms with Crippen molar-refractivity contribution in [3.05, 3.63) is 70.7 Å². The summed E-state index contributed by atoms with van der Waals surface area (Å²) in [6.45, 7) is 0.704. The lowest BCUT2D eigenvalue weighted by molar-refractivity contribution is -0.118. The SMILES string of the molecule is O=C(CSCc1ccccc1)NCCSCc1cccc(Cl)c1. The van der Waals surface area contributed by atoms with Gasteiger partial charge in [0.05, 0.1) is 5.75 Å². The predicted octanol–water partition coefficient (Wildman–Crippen LogP) is 4.62. The molecule has 0 aromatic heterocycles. The van der Waals surface area contributed by atoms with Crippen LogP contribution in [0.5, 0.6) is 0 Å². The van der Waals surface area contributed by atoms with Crippen molar-refractivity contribution < 1.29 is 4.79 Å². The number of carbonyl (C=O) groups excluding carboxylic acids is 1. The summed E-state index contributed by atoms with van der Waals surface area (Å²) in [6.07, 6.45) is 0. The lowest BCUT2D eigenvalue weighted by Crippen LogP contribution is -2.27. The van der Waals surface area contributed by atoms with Crippen LogP contribution in [0.1, 0.15) is 11.1 Å². The maximum Gasteiger partial charge on any atom is 0.230 e. The molecule has 0 saturated carbocycles. The third-order valence-corrected chi connectivity index (χ3v) is 5.34. The van der Waals surface area contributed by atoms with Gasteiger partial charge in [-0.25, -0.2) is 0 Å². The van der Waals surface area contributed by atoms with E-state index in [4.69, 9.17) is 11.6 Å². The average Bonchev–Trinajstić information content (AvgIpc) is 2.55. The van der Waals surface area contributed by atoms with Crippen LogP contribution in [0.25, 0.3) is 0 Å². The van der Waals surface area contributed by atoms with Gasteiger partial charge in [0, 0.05) is 28.8 Å². The molecule has 0 spiro atoms. The summed E-state index contributed by atoms with van der Waals surface area (Å²) < 4.78 is 0. The number of halogens is 1. The molecular formula is C18H20ClNOS2. The van der Waals surface area contributed by atoms with E-state index in [1.165, 1.54) is 11.1 Å². The molecule has 1 N–H and O–H groups in total. The molecule has 23 heavy (non-hydrogen) atoms. The van der Waals surface area contributed by atoms with Crippen molar-refractivity contribution in [3.63, 3.8) is 0 Å². The zero-order chi connectivity index (χ0) is 16.3. The summed E-state index contributed by atoms with van der Waals surface area (Å²) in [7, 11) is 0. The topological polar surface area (TPSA) is 29.1 Å². The lowest BCUT2D eigenvalue weighted by atomic mass is 10.2. The quantitative estimate of drug-likeness (QED) is 0.657. The molecule has 0 aliphatic carbocycles. The minimum absolute atomic E-state index is 0.106. The summed E-state index contributed by atoms with van der Waals surface area (Å²) in [5, 5.41) is 3.73. The van der Waals surface area contributed by atoms with Crippen LogP contribution < -0.4 is 5.32 Å². The smallest absolute Gasteiger partial charge is 0.230 e. The van der Waals surface area contributed by atoms with Gasteiger partial charge < -0.3 is 5.32 Å². The maximum atomic E-state index is 11.8. The zero-order valence-electron chi connectivity index (χ0n) is 12.8. The van der Waals surface area contributed by atoms with E-state index in [-0.39, 0.29) is 5.91 Å². The van der Waals surface area contributed by atoms with Gasteiger partial charge in [-0.2, -0.15) is 11.8 Å². The fourth-order valence-electron chi connectivity index (χ4n) is 1.97. The second-order valence-corrected chi connectivity index (χ2v) is 7.54. The molecule has 0 atom stereocenters. The highest BCUT2D eigenvalue weighted by atomic mass is 35.5. The van der Waals surface area contributed by atoms with Crippen LogP contribution in [0.15, 0.2) is 54.6 Å². The third-order valence-electron chi connectivity index (χ3n) is 3.07. The summed E-state index contributed by atoms with van der Waals surface area (Å²) in [5.74, 6) is 3.31. The number of benzene rings is 2. The largest absolute Gasteiger partial charge is 0.355 e. The third kappa shape index (κ3) is 7.82. The molecule has 2 aromatic rings. The van der Waals surface area contributed by atoms with Gasteiger partial charge in [0.1, 0.15) is 0 Å². The van der Waals surface area contributed by atoms with Gasteiger partial charge in [-0.15, -0.1) is 11.8 Å². The van der Waals surface area contributed by atoms with E-state index < -0.39 is 0 Å². The summed E-state index contributed by atoms with van der Waals surface area (Å²) >= 11 is 9.39. The number of hydrogen-bond acceptors (Lipinski definition) is 3. The zero-order valence-corrected chi connectivity index (χ0v) is 15.2. The number of nitrogens with one attached hydrogen (secondary N) is 1. The summed E-state index contributed by atoms with van der Waals surface area (Å²) in [4.78, 5) is 11.8. The molecule has 0 radical (unpaired) electrons. The van der Waals surface area contributed by atoms with Gasteiger partial charge in [0.25, 0.3) is 0 Å². The predicted molar refractivity (Wildman–Crippen MR) is 103 cm³/mol. The van der Waals surface area contributed by atoms with Gasteiger partial charge in [0.2, 0.25) is 5.91 Å². The Bertz CT molecular complexity index is 607. The number of thioether (sulfide) groups is 2. The maximum absolute atomic E-state index is 11.8. The summed E-state index contributed by atoms with van der Waals surface area (Å²) in [5.41, 5.74) is 2.47. The minimum atomic E-state index is 0.106. The Morgan fingerprint density at radius 2 is 1.70 bits per heavy atom. The highest BCUT2D eigenvalue weighted by Crippen LogP contribution is 2.16. The van der Waals surface area contributed by atoms with Crippen LogP contribution in [0.4, 0.5) is 0 Å². The van der Waals surface area contributed by atoms with Crippen LogP contribution >= 0.6 is 35.1 Å². The number of amides is 1. The van der Waals surface area contributed by atoms with E-state index in [9.17, 15) is 4.79 Å². The van der Waals surface area contributed by atoms with Crippen LogP contribution in [0.3, 0.4) is 0 Å². The summed E-state index contributed by atoms with van der Waals surface area (Å²) in [6, 6.07) is 18.1. The number of carbonyl (C=O) groups is 1. The molecule has 2 nitrogen and oxygen atoms in total. The fraction of sp³-hybridized carbons (Fsp3) is 0.278. The monoisotopic (exact) mass is 365 g/mol. The van der Waals surface area contributed by atoms with Gasteiger partial charge >= 0.3 is 0 Å². The highest BCUT2D eigenvalue weighted by molar-refractivity contribution is 7.99. The first-order chi connectivity index (χ1) is 11.2. The van der Waals surface area contributed by atoms with Crippen LogP contribution in [0, 0.1) is 0 Å². The number of hydrogen-bond donors (Lipinski definition) is 1. The second-order valence-electron chi connectivity index (χ2n) is 5.01. The van der Waals surface area contributed by atoms with Gasteiger partial charge in [-0.1, -0.05) is 54.1 Å². The van der Waals surface area contributed by atoms with E-state index in [2.05, 4.69) is 23.5 Å². The van der Waals surface area contributed by atoms with E-state index >= 15 is 0 Å². The first-order valence-electron chi connectivity index (χ1n) is 7.44. The Kier molecular flexibility index (Phi) is 8.43. The van der Waals surface area contributed by atoms with Gasteiger partial charge in [0.15, 0.2) is 0 Å². The first-order valence-corrected chi connectivity index (χ1v) is 10.1. The molecule has 0 aliphatic rings. The van der Waals surface area contributed by atoms with Crippen molar-refractivity contribution in [2.75, 3.05) is 18.1 Å². The standard InChI is InChI=1S/C18H20ClNOS2/c19-17-8-4-7-16(11-17)13-22-10-9-20-18(21)14-23-12-15-5-2-1-3-6-15/h1-8,11H,9-10,12-14H2,(H,20,21). The van der Waals surface area contributed by atoms with Gasteiger partial charge in [-0.05, 0) is 23.3 Å². The van der Waals surface area contributed by atoms with Gasteiger partial charge in [-0.3, -0.25) is 4.79 Å². The van der Waals surface area contributed by atoms with Crippen molar-refractivity contribution in [3.8, 4) is 0 Å². The van der Waals surface area contributed by atoms with Crippen molar-refractivity contribution in [2.45, 2.75) is 11.5 Å². The molecule has 2 rings (SSSR count). The Balaban J connectivity index is 1.51. The molecule has 0 unspecified atom stereocenters. The van der Waals surface area contributed by atoms with Crippen molar-refractivity contribution in [1.29, 1.82) is 0 Å². The molecule has 0 fully saturated rings. The van der Waals surface area contributed by atoms with Crippen molar-refractivity contribution in [2.24, 2.45) is 0 Å². The second kappa shape index (κ2) is 10.6. The molecule has 0 bridgehead atoms. The fourth-order valence-corrected chi connectivity index (χ4v) is 3.80. The lowest BCUT2D eigenvalue weighted by Gasteiger charge is -2.06. The Labute approximate surface area is 151 Å². The van der Waals surface area contributed by atoms with Crippen LogP contribution in [-0.2, 0) is 16.3 Å². The average molecular weight is 366 g/mol. The van der Waals surface area contributed by atoms with E-state index in [0.29, 0.717) is 12.3 Å². The first kappa shape index (κ1) is 18.2. The van der Waals surface area contributed by atoms with Crippen LogP contribution in [-0.4, -0.2) is 24.0 Å². The Hall–Kier alpha value is -1.10. The van der Waals surface area contributed by atoms with Crippen molar-refractivity contribution in [1.82, 2.24) is 5.32 Å². The highest BCUT2D eigenvalue weighted by Gasteiger charge is 2.02. The molecule has 2 aromatic carbocycles. The molecule has 0 saturated heterocycles. The molecule has 5 heteroatoms. The minimum Gasteiger partial charge on any atom is -0.355 e. The van der Waals surface area contributed by atoms with E-state index in [1.54, 1.807) is 23.5 Å². The molecule has 122 valence electrons. The van der Waals surface area contributed by atoms with Crippen LogP contribution in [0.2, 0.25) is 5.02 Å². The van der Waals surface area contributed by atoms with E-state index in [0.717, 1.165) is 22.3 Å². The molecular weight excluding hydrogens is 346 g/mol. The van der Waals surface area contributed by atoms with Crippen molar-refractivity contribution >= 4 is 41.0 Å². The normalized spacial score (nSPS) is 10.5. The Morgan fingerprint density at radius 3 is 2.48 bits per heavy atom.